The number of halogens is 1. The lowest BCUT2D eigenvalue weighted by Crippen LogP contribution is -2.57. The molecule has 0 aliphatic carbocycles. The number of nitrogens with zero attached hydrogens (tertiary/aromatic N) is 3. The first-order valence-corrected chi connectivity index (χ1v) is 14.3. The van der Waals surface area contributed by atoms with E-state index >= 15 is 4.39 Å². The SMILES string of the molecule is CC.CC.CCC1C2N(c3ccccc3C1(F)CC)c1nc(-c3c(C)cccc3C)ccc1N2C(C)C. The highest BCUT2D eigenvalue weighted by atomic mass is 19.1. The van der Waals surface area contributed by atoms with Crippen molar-refractivity contribution < 1.29 is 4.39 Å². The fourth-order valence-electron chi connectivity index (χ4n) is 6.24. The summed E-state index contributed by atoms with van der Waals surface area (Å²) in [6.07, 6.45) is 1.14. The van der Waals surface area contributed by atoms with Crippen molar-refractivity contribution in [3.8, 4) is 11.3 Å². The number of fused-ring (bicyclic) bond motifs is 5. The number of anilines is 3. The minimum atomic E-state index is -1.36. The van der Waals surface area contributed by atoms with Crippen molar-refractivity contribution in [3.05, 3.63) is 71.3 Å². The first-order valence-electron chi connectivity index (χ1n) is 14.3. The summed E-state index contributed by atoms with van der Waals surface area (Å²) in [4.78, 5) is 9.98. The zero-order valence-corrected chi connectivity index (χ0v) is 24.6. The molecule has 4 heteroatoms. The summed E-state index contributed by atoms with van der Waals surface area (Å²) in [7, 11) is 0. The Bertz CT molecular complexity index is 1180. The van der Waals surface area contributed by atoms with Crippen LogP contribution in [0.15, 0.2) is 54.6 Å². The third-order valence-corrected chi connectivity index (χ3v) is 7.72. The van der Waals surface area contributed by atoms with Crippen LogP contribution in [0.5, 0.6) is 0 Å². The van der Waals surface area contributed by atoms with E-state index in [1.165, 1.54) is 16.7 Å². The maximum absolute atomic E-state index is 16.8. The molecule has 3 nitrogen and oxygen atoms in total. The van der Waals surface area contributed by atoms with Crippen molar-refractivity contribution >= 4 is 17.2 Å². The third kappa shape index (κ3) is 4.53. The van der Waals surface area contributed by atoms with Crippen LogP contribution >= 0.6 is 0 Å². The second-order valence-electron chi connectivity index (χ2n) is 9.84. The highest BCUT2D eigenvalue weighted by Crippen LogP contribution is 2.58. The van der Waals surface area contributed by atoms with Crippen LogP contribution in [-0.4, -0.2) is 17.2 Å². The summed E-state index contributed by atoms with van der Waals surface area (Å²) >= 11 is 0. The molecule has 1 aromatic heterocycles. The lowest BCUT2D eigenvalue weighted by molar-refractivity contribution is 0.0451. The number of aryl methyl sites for hydroxylation is 2. The molecule has 37 heavy (non-hydrogen) atoms. The van der Waals surface area contributed by atoms with Gasteiger partial charge >= 0.3 is 0 Å². The third-order valence-electron chi connectivity index (χ3n) is 7.72. The van der Waals surface area contributed by atoms with E-state index in [0.29, 0.717) is 6.42 Å². The molecular weight excluding hydrogens is 457 g/mol. The molecular formula is C33H46FN3. The summed E-state index contributed by atoms with van der Waals surface area (Å²) < 4.78 is 16.8. The van der Waals surface area contributed by atoms with Crippen molar-refractivity contribution in [3.63, 3.8) is 0 Å². The molecule has 3 atom stereocenters. The van der Waals surface area contributed by atoms with Gasteiger partial charge in [0, 0.05) is 23.1 Å². The van der Waals surface area contributed by atoms with Crippen molar-refractivity contribution in [1.82, 2.24) is 4.98 Å². The highest BCUT2D eigenvalue weighted by molar-refractivity contribution is 5.86. The minimum Gasteiger partial charge on any atom is -0.345 e. The maximum atomic E-state index is 16.8. The van der Waals surface area contributed by atoms with Gasteiger partial charge < -0.3 is 9.80 Å². The smallest absolute Gasteiger partial charge is 0.159 e. The zero-order valence-electron chi connectivity index (χ0n) is 24.6. The van der Waals surface area contributed by atoms with Crippen LogP contribution in [0, 0.1) is 19.8 Å². The molecule has 2 aliphatic rings. The zero-order chi connectivity index (χ0) is 27.5. The number of para-hydroxylation sites is 1. The van der Waals surface area contributed by atoms with Crippen molar-refractivity contribution in [2.75, 3.05) is 9.80 Å². The van der Waals surface area contributed by atoms with E-state index in [1.807, 2.05) is 52.8 Å². The number of benzene rings is 2. The minimum absolute atomic E-state index is 0.0921. The predicted octanol–water partition coefficient (Wildman–Crippen LogP) is 9.73. The lowest BCUT2D eigenvalue weighted by atomic mass is 9.73. The Morgan fingerprint density at radius 3 is 2.05 bits per heavy atom. The molecule has 200 valence electrons. The monoisotopic (exact) mass is 503 g/mol. The molecule has 3 heterocycles. The van der Waals surface area contributed by atoms with Crippen LogP contribution in [0.4, 0.5) is 21.6 Å². The van der Waals surface area contributed by atoms with Crippen molar-refractivity contribution in [1.29, 1.82) is 0 Å². The summed E-state index contributed by atoms with van der Waals surface area (Å²) in [6.45, 7) is 20.8. The molecule has 2 aliphatic heterocycles. The number of pyridine rings is 1. The lowest BCUT2D eigenvalue weighted by Gasteiger charge is -2.50. The van der Waals surface area contributed by atoms with Crippen LogP contribution in [0.1, 0.15) is 84.9 Å². The summed E-state index contributed by atoms with van der Waals surface area (Å²) in [5.74, 6) is 0.788. The van der Waals surface area contributed by atoms with E-state index < -0.39 is 5.67 Å². The molecule has 0 radical (unpaired) electrons. The largest absolute Gasteiger partial charge is 0.345 e. The summed E-state index contributed by atoms with van der Waals surface area (Å²) in [6, 6.07) is 19.0. The molecule has 0 bridgehead atoms. The number of rotatable bonds is 4. The molecule has 3 unspecified atom stereocenters. The van der Waals surface area contributed by atoms with E-state index in [0.717, 1.165) is 34.9 Å². The Labute approximate surface area is 224 Å². The predicted molar refractivity (Wildman–Crippen MR) is 159 cm³/mol. The van der Waals surface area contributed by atoms with E-state index in [1.54, 1.807) is 0 Å². The summed E-state index contributed by atoms with van der Waals surface area (Å²) in [5, 5.41) is 0. The van der Waals surface area contributed by atoms with E-state index in [2.05, 4.69) is 80.8 Å². The van der Waals surface area contributed by atoms with Gasteiger partial charge in [0.05, 0.1) is 17.1 Å². The number of hydrogen-bond acceptors (Lipinski definition) is 3. The van der Waals surface area contributed by atoms with Crippen LogP contribution in [-0.2, 0) is 5.67 Å². The number of aromatic nitrogens is 1. The van der Waals surface area contributed by atoms with Gasteiger partial charge in [0.15, 0.2) is 5.82 Å². The molecule has 0 saturated heterocycles. The first kappa shape index (κ1) is 28.7. The Balaban J connectivity index is 0.000000907. The fourth-order valence-corrected chi connectivity index (χ4v) is 6.24. The quantitative estimate of drug-likeness (QED) is 0.353. The van der Waals surface area contributed by atoms with Gasteiger partial charge in [-0.3, -0.25) is 0 Å². The second-order valence-corrected chi connectivity index (χ2v) is 9.84. The van der Waals surface area contributed by atoms with Crippen LogP contribution in [0.25, 0.3) is 11.3 Å². The topological polar surface area (TPSA) is 19.4 Å². The van der Waals surface area contributed by atoms with Crippen LogP contribution < -0.4 is 9.80 Å². The van der Waals surface area contributed by atoms with Gasteiger partial charge in [-0.15, -0.1) is 0 Å². The van der Waals surface area contributed by atoms with Gasteiger partial charge in [0.1, 0.15) is 11.8 Å². The Hall–Kier alpha value is -2.88. The van der Waals surface area contributed by atoms with Crippen molar-refractivity contribution in [2.45, 2.75) is 100.0 Å². The highest BCUT2D eigenvalue weighted by Gasteiger charge is 2.56. The van der Waals surface area contributed by atoms with Gasteiger partial charge in [-0.2, -0.15) is 0 Å². The van der Waals surface area contributed by atoms with Gasteiger partial charge in [0.25, 0.3) is 0 Å². The van der Waals surface area contributed by atoms with Crippen LogP contribution in [0.3, 0.4) is 0 Å². The molecule has 0 saturated carbocycles. The molecule has 0 N–H and O–H groups in total. The fraction of sp³-hybridized carbons (Fsp3) is 0.485. The Kier molecular flexibility index (Phi) is 9.05. The number of alkyl halides is 1. The molecule has 3 aromatic rings. The van der Waals surface area contributed by atoms with Gasteiger partial charge in [-0.1, -0.05) is 77.9 Å². The van der Waals surface area contributed by atoms with E-state index in [4.69, 9.17) is 4.98 Å². The van der Waals surface area contributed by atoms with E-state index in [9.17, 15) is 0 Å². The van der Waals surface area contributed by atoms with Crippen molar-refractivity contribution in [2.24, 2.45) is 5.92 Å². The Morgan fingerprint density at radius 1 is 0.865 bits per heavy atom. The molecule has 0 fully saturated rings. The molecule has 0 spiro atoms. The average Bonchev–Trinajstić information content (AvgIpc) is 3.25. The van der Waals surface area contributed by atoms with Gasteiger partial charge in [-0.25, -0.2) is 9.37 Å². The van der Waals surface area contributed by atoms with Gasteiger partial charge in [0.2, 0.25) is 0 Å². The summed E-state index contributed by atoms with van der Waals surface area (Å²) in [5.41, 5.74) is 6.08. The second kappa shape index (κ2) is 11.7. The Morgan fingerprint density at radius 2 is 1.49 bits per heavy atom. The molecule has 0 amide bonds. The van der Waals surface area contributed by atoms with E-state index in [-0.39, 0.29) is 18.1 Å². The molecule has 5 rings (SSSR count). The molecule has 2 aromatic carbocycles. The first-order chi connectivity index (χ1) is 17.8. The van der Waals surface area contributed by atoms with Gasteiger partial charge in [-0.05, 0) is 69.9 Å². The maximum Gasteiger partial charge on any atom is 0.159 e. The van der Waals surface area contributed by atoms with Crippen LogP contribution in [0.2, 0.25) is 0 Å². The average molecular weight is 504 g/mol. The normalized spacial score (nSPS) is 21.3. The standard InChI is InChI=1S/C29H34FN3.2C2H6/c1-7-21-28-32(18(3)4)25-17-16-23(26-19(5)12-11-13-20(26)6)31-27(25)33(28)24-15-10-9-14-22(24)29(21,30)8-2;2*1-2/h9-18,21,28H,7-8H2,1-6H3;2*1-2H3. The number of hydrogen-bond donors (Lipinski definition) is 0.